The molecule has 168 valence electrons. The normalized spacial score (nSPS) is 16.4. The van der Waals surface area contributed by atoms with Gasteiger partial charge in [-0.2, -0.15) is 0 Å². The second-order valence-corrected chi connectivity index (χ2v) is 8.37. The van der Waals surface area contributed by atoms with E-state index in [1.807, 2.05) is 43.0 Å². The molecule has 1 aliphatic heterocycles. The van der Waals surface area contributed by atoms with Gasteiger partial charge in [-0.25, -0.2) is 0 Å². The Labute approximate surface area is 183 Å². The molecule has 1 aromatic carbocycles. The molecule has 3 rings (SSSR count). The van der Waals surface area contributed by atoms with Gasteiger partial charge in [-0.15, -0.1) is 5.10 Å². The Balaban J connectivity index is 1.52. The number of ether oxygens (including phenoxy) is 1. The Morgan fingerprint density at radius 1 is 1.23 bits per heavy atom. The monoisotopic (exact) mass is 427 g/mol. The number of likely N-dealkylation sites (tertiary alicyclic amines) is 1. The van der Waals surface area contributed by atoms with Gasteiger partial charge in [-0.3, -0.25) is 14.3 Å². The molecule has 0 bridgehead atoms. The Bertz CT molecular complexity index is 862. The van der Waals surface area contributed by atoms with Crippen LogP contribution in [-0.2, 0) is 17.8 Å². The molecule has 1 atom stereocenters. The summed E-state index contributed by atoms with van der Waals surface area (Å²) in [7, 11) is 1.65. The molecule has 31 heavy (non-hydrogen) atoms. The van der Waals surface area contributed by atoms with Gasteiger partial charge in [0.2, 0.25) is 5.91 Å². The predicted octanol–water partition coefficient (Wildman–Crippen LogP) is 2.83. The van der Waals surface area contributed by atoms with Gasteiger partial charge in [-0.1, -0.05) is 17.3 Å². The summed E-state index contributed by atoms with van der Waals surface area (Å²) in [5, 5.41) is 10.9. The van der Waals surface area contributed by atoms with Gasteiger partial charge in [0.05, 0.1) is 13.3 Å². The molecule has 1 saturated heterocycles. The predicted molar refractivity (Wildman–Crippen MR) is 118 cm³/mol. The lowest BCUT2D eigenvalue weighted by molar-refractivity contribution is -0.135. The van der Waals surface area contributed by atoms with Gasteiger partial charge < -0.3 is 15.0 Å². The number of benzene rings is 1. The van der Waals surface area contributed by atoms with Crippen LogP contribution >= 0.6 is 0 Å². The van der Waals surface area contributed by atoms with Crippen LogP contribution in [0.3, 0.4) is 0 Å². The van der Waals surface area contributed by atoms with E-state index in [9.17, 15) is 9.59 Å². The van der Waals surface area contributed by atoms with Crippen molar-refractivity contribution in [1.82, 2.24) is 25.2 Å². The molecule has 0 unspecified atom stereocenters. The summed E-state index contributed by atoms with van der Waals surface area (Å²) in [4.78, 5) is 27.0. The summed E-state index contributed by atoms with van der Waals surface area (Å²) >= 11 is 0. The number of nitrogens with one attached hydrogen (secondary N) is 1. The van der Waals surface area contributed by atoms with Crippen LogP contribution in [0.25, 0.3) is 0 Å². The fourth-order valence-electron chi connectivity index (χ4n) is 3.95. The van der Waals surface area contributed by atoms with E-state index in [2.05, 4.69) is 15.6 Å². The van der Waals surface area contributed by atoms with Gasteiger partial charge >= 0.3 is 0 Å². The SMILES string of the molecule is COc1ccc(CCC(=O)N2CCCC[C@@H]2CCn2cc(C(=O)NC(C)C)nn2)cc1. The third-order valence-electron chi connectivity index (χ3n) is 5.62. The maximum atomic E-state index is 12.9. The first-order valence-electron chi connectivity index (χ1n) is 11.1. The lowest BCUT2D eigenvalue weighted by Gasteiger charge is -2.36. The molecular weight excluding hydrogens is 394 g/mol. The van der Waals surface area contributed by atoms with Crippen LogP contribution in [0.2, 0.25) is 0 Å². The number of carbonyl (C=O) groups is 2. The van der Waals surface area contributed by atoms with Crippen molar-refractivity contribution in [1.29, 1.82) is 0 Å². The lowest BCUT2D eigenvalue weighted by atomic mass is 9.98. The zero-order valence-corrected chi connectivity index (χ0v) is 18.7. The Morgan fingerprint density at radius 2 is 2.00 bits per heavy atom. The van der Waals surface area contributed by atoms with Gasteiger partial charge in [0.1, 0.15) is 5.75 Å². The van der Waals surface area contributed by atoms with E-state index in [0.29, 0.717) is 18.7 Å². The maximum absolute atomic E-state index is 12.9. The lowest BCUT2D eigenvalue weighted by Crippen LogP contribution is -2.44. The standard InChI is InChI=1S/C23H33N5O3/c1-17(2)24-23(30)21-16-27(26-25-21)15-13-19-6-4-5-14-28(19)22(29)12-9-18-7-10-20(31-3)11-8-18/h7-8,10-11,16-17,19H,4-6,9,12-15H2,1-3H3,(H,24,30)/t19-/m1/s1. The van der Waals surface area contributed by atoms with Gasteiger partial charge in [0, 0.05) is 31.6 Å². The number of methoxy groups -OCH3 is 1. The first kappa shape index (κ1) is 22.8. The van der Waals surface area contributed by atoms with E-state index < -0.39 is 0 Å². The highest BCUT2D eigenvalue weighted by Gasteiger charge is 2.26. The summed E-state index contributed by atoms with van der Waals surface area (Å²) in [5.74, 6) is 0.814. The van der Waals surface area contributed by atoms with Crippen molar-refractivity contribution in [2.24, 2.45) is 0 Å². The Hall–Kier alpha value is -2.90. The van der Waals surface area contributed by atoms with Crippen LogP contribution < -0.4 is 10.1 Å². The maximum Gasteiger partial charge on any atom is 0.273 e. The zero-order valence-electron chi connectivity index (χ0n) is 18.7. The molecule has 1 aromatic heterocycles. The molecule has 8 heteroatoms. The third-order valence-corrected chi connectivity index (χ3v) is 5.62. The molecule has 2 aromatic rings. The van der Waals surface area contributed by atoms with E-state index in [1.54, 1.807) is 18.0 Å². The highest BCUT2D eigenvalue weighted by Crippen LogP contribution is 2.22. The summed E-state index contributed by atoms with van der Waals surface area (Å²) in [6.07, 6.45) is 6.90. The number of nitrogens with zero attached hydrogens (tertiary/aromatic N) is 4. The van der Waals surface area contributed by atoms with Crippen molar-refractivity contribution < 1.29 is 14.3 Å². The molecule has 1 aliphatic rings. The van der Waals surface area contributed by atoms with Crippen molar-refractivity contribution in [2.45, 2.75) is 71.0 Å². The summed E-state index contributed by atoms with van der Waals surface area (Å²) in [5.41, 5.74) is 1.46. The fourth-order valence-corrected chi connectivity index (χ4v) is 3.95. The number of aromatic nitrogens is 3. The van der Waals surface area contributed by atoms with Crippen molar-refractivity contribution in [3.05, 3.63) is 41.7 Å². The minimum absolute atomic E-state index is 0.0531. The molecule has 0 radical (unpaired) electrons. The van der Waals surface area contributed by atoms with E-state index in [4.69, 9.17) is 4.74 Å². The molecule has 2 amide bonds. The largest absolute Gasteiger partial charge is 0.497 e. The van der Waals surface area contributed by atoms with Crippen LogP contribution in [0.1, 0.15) is 62.0 Å². The Kier molecular flexibility index (Phi) is 8.03. The fraction of sp³-hybridized carbons (Fsp3) is 0.565. The molecule has 2 heterocycles. The van der Waals surface area contributed by atoms with Crippen molar-refractivity contribution in [3.63, 3.8) is 0 Å². The number of rotatable bonds is 9. The molecular formula is C23H33N5O3. The summed E-state index contributed by atoms with van der Waals surface area (Å²) in [6, 6.07) is 8.13. The average molecular weight is 428 g/mol. The van der Waals surface area contributed by atoms with E-state index >= 15 is 0 Å². The topological polar surface area (TPSA) is 89.4 Å². The van der Waals surface area contributed by atoms with Crippen LogP contribution in [-0.4, -0.2) is 57.4 Å². The number of piperidine rings is 1. The van der Waals surface area contributed by atoms with Crippen LogP contribution in [0.15, 0.2) is 30.5 Å². The molecule has 1 N–H and O–H groups in total. The Morgan fingerprint density at radius 3 is 2.71 bits per heavy atom. The number of aryl methyl sites for hydroxylation is 2. The highest BCUT2D eigenvalue weighted by atomic mass is 16.5. The van der Waals surface area contributed by atoms with E-state index in [0.717, 1.165) is 50.0 Å². The third kappa shape index (κ3) is 6.54. The minimum Gasteiger partial charge on any atom is -0.497 e. The van der Waals surface area contributed by atoms with Crippen molar-refractivity contribution >= 4 is 11.8 Å². The van der Waals surface area contributed by atoms with E-state index in [1.165, 1.54) is 0 Å². The summed E-state index contributed by atoms with van der Waals surface area (Å²) < 4.78 is 6.89. The number of carbonyl (C=O) groups excluding carboxylic acids is 2. The minimum atomic E-state index is -0.214. The van der Waals surface area contributed by atoms with Gasteiger partial charge in [-0.05, 0) is 63.6 Å². The highest BCUT2D eigenvalue weighted by molar-refractivity contribution is 5.91. The summed E-state index contributed by atoms with van der Waals surface area (Å²) in [6.45, 7) is 5.26. The number of hydrogen-bond acceptors (Lipinski definition) is 5. The smallest absolute Gasteiger partial charge is 0.273 e. The average Bonchev–Trinajstić information content (AvgIpc) is 3.25. The first-order chi connectivity index (χ1) is 15.0. The number of hydrogen-bond donors (Lipinski definition) is 1. The van der Waals surface area contributed by atoms with Gasteiger partial charge in [0.25, 0.3) is 5.91 Å². The second kappa shape index (κ2) is 10.9. The van der Waals surface area contributed by atoms with Crippen molar-refractivity contribution in [3.8, 4) is 5.75 Å². The van der Waals surface area contributed by atoms with Gasteiger partial charge in [0.15, 0.2) is 5.69 Å². The molecule has 0 spiro atoms. The first-order valence-corrected chi connectivity index (χ1v) is 11.1. The quantitative estimate of drug-likeness (QED) is 0.665. The molecule has 1 fully saturated rings. The second-order valence-electron chi connectivity index (χ2n) is 8.37. The molecule has 8 nitrogen and oxygen atoms in total. The number of amides is 2. The zero-order chi connectivity index (χ0) is 22.2. The van der Waals surface area contributed by atoms with Crippen LogP contribution in [0, 0.1) is 0 Å². The molecule has 0 saturated carbocycles. The van der Waals surface area contributed by atoms with Crippen LogP contribution in [0.5, 0.6) is 5.75 Å². The van der Waals surface area contributed by atoms with Crippen molar-refractivity contribution in [2.75, 3.05) is 13.7 Å². The molecule has 0 aliphatic carbocycles. The van der Waals surface area contributed by atoms with Crippen LogP contribution in [0.4, 0.5) is 0 Å². The van der Waals surface area contributed by atoms with E-state index in [-0.39, 0.29) is 23.9 Å².